The quantitative estimate of drug-likeness (QED) is 0.442. The molecule has 130 valence electrons. The molecule has 0 aliphatic heterocycles. The molecule has 0 saturated heterocycles. The van der Waals surface area contributed by atoms with E-state index in [1.165, 1.54) is 0 Å². The molecule has 0 fully saturated rings. The average Bonchev–Trinajstić information content (AvgIpc) is 2.79. The van der Waals surface area contributed by atoms with Gasteiger partial charge in [-0.05, 0) is 17.1 Å². The van der Waals surface area contributed by atoms with E-state index >= 15 is 0 Å². The standard InChI is InChI=1S/C11H6Cl2F3N3O4S/c12-7-1-6(11(14,15)16)2-8(13)9(7)18-3-5(4-24(22)23)10(17-18)19(20)21/h1-3H,4H2,(H,22,23)/p-1. The van der Waals surface area contributed by atoms with Gasteiger partial charge in [0.1, 0.15) is 5.69 Å². The van der Waals surface area contributed by atoms with Gasteiger partial charge in [-0.3, -0.25) is 4.21 Å². The fourth-order valence-electron chi connectivity index (χ4n) is 1.85. The van der Waals surface area contributed by atoms with Crippen molar-refractivity contribution in [3.8, 4) is 5.69 Å². The molecule has 1 unspecified atom stereocenters. The molecule has 13 heteroatoms. The van der Waals surface area contributed by atoms with Crippen LogP contribution in [-0.2, 0) is 23.0 Å². The molecule has 0 bridgehead atoms. The average molecular weight is 403 g/mol. The second kappa shape index (κ2) is 6.67. The first kappa shape index (κ1) is 18.6. The van der Waals surface area contributed by atoms with Crippen LogP contribution < -0.4 is 0 Å². The lowest BCUT2D eigenvalue weighted by Crippen LogP contribution is -2.07. The van der Waals surface area contributed by atoms with E-state index in [1.807, 2.05) is 0 Å². The minimum absolute atomic E-state index is 0.239. The van der Waals surface area contributed by atoms with E-state index in [9.17, 15) is 32.0 Å². The molecule has 0 radical (unpaired) electrons. The van der Waals surface area contributed by atoms with Crippen molar-refractivity contribution in [3.05, 3.63) is 49.6 Å². The second-order valence-electron chi connectivity index (χ2n) is 4.41. The van der Waals surface area contributed by atoms with Crippen LogP contribution in [0.3, 0.4) is 0 Å². The van der Waals surface area contributed by atoms with Crippen LogP contribution in [0.2, 0.25) is 10.0 Å². The van der Waals surface area contributed by atoms with E-state index < -0.39 is 49.4 Å². The molecule has 1 aromatic heterocycles. The Morgan fingerprint density at radius 3 is 2.25 bits per heavy atom. The zero-order chi connectivity index (χ0) is 18.2. The molecule has 7 nitrogen and oxygen atoms in total. The molecule has 0 saturated carbocycles. The fraction of sp³-hybridized carbons (Fsp3) is 0.182. The van der Waals surface area contributed by atoms with Crippen LogP contribution >= 0.6 is 23.2 Å². The number of hydrogen-bond donors (Lipinski definition) is 0. The van der Waals surface area contributed by atoms with Gasteiger partial charge in [-0.15, -0.1) is 4.68 Å². The summed E-state index contributed by atoms with van der Waals surface area (Å²) >= 11 is 8.94. The zero-order valence-electron chi connectivity index (χ0n) is 11.2. The molecule has 0 amide bonds. The first-order valence-corrected chi connectivity index (χ1v) is 7.86. The number of halogens is 5. The summed E-state index contributed by atoms with van der Waals surface area (Å²) in [4.78, 5) is 9.99. The van der Waals surface area contributed by atoms with Gasteiger partial charge in [-0.2, -0.15) is 13.2 Å². The van der Waals surface area contributed by atoms with Crippen molar-refractivity contribution >= 4 is 40.1 Å². The van der Waals surface area contributed by atoms with Gasteiger partial charge in [-0.1, -0.05) is 34.3 Å². The first-order valence-electron chi connectivity index (χ1n) is 5.86. The maximum absolute atomic E-state index is 12.7. The number of alkyl halides is 3. The second-order valence-corrected chi connectivity index (χ2v) is 6.12. The number of nitrogens with zero attached hydrogens (tertiary/aromatic N) is 3. The number of benzene rings is 1. The van der Waals surface area contributed by atoms with Crippen LogP contribution in [0.4, 0.5) is 19.0 Å². The van der Waals surface area contributed by atoms with E-state index in [-0.39, 0.29) is 11.3 Å². The number of rotatable bonds is 4. The normalized spacial score (nSPS) is 13.1. The van der Waals surface area contributed by atoms with Crippen molar-refractivity contribution in [2.45, 2.75) is 11.9 Å². The lowest BCUT2D eigenvalue weighted by molar-refractivity contribution is -0.390. The monoisotopic (exact) mass is 402 g/mol. The fourth-order valence-corrected chi connectivity index (χ4v) is 2.96. The number of nitro groups is 1. The molecule has 24 heavy (non-hydrogen) atoms. The smallest absolute Gasteiger partial charge is 0.416 e. The summed E-state index contributed by atoms with van der Waals surface area (Å²) in [6.45, 7) is 0. The number of aromatic nitrogens is 2. The van der Waals surface area contributed by atoms with Crippen LogP contribution in [0.25, 0.3) is 5.69 Å². The van der Waals surface area contributed by atoms with E-state index in [0.717, 1.165) is 10.9 Å². The van der Waals surface area contributed by atoms with Gasteiger partial charge in [-0.25, -0.2) is 0 Å². The Balaban J connectivity index is 2.60. The van der Waals surface area contributed by atoms with Crippen LogP contribution in [0.5, 0.6) is 0 Å². The highest BCUT2D eigenvalue weighted by molar-refractivity contribution is 7.78. The molecule has 0 aliphatic carbocycles. The summed E-state index contributed by atoms with van der Waals surface area (Å²) in [6.07, 6.45) is -3.72. The van der Waals surface area contributed by atoms with Crippen LogP contribution in [0.1, 0.15) is 11.1 Å². The van der Waals surface area contributed by atoms with Crippen molar-refractivity contribution in [3.63, 3.8) is 0 Å². The third kappa shape index (κ3) is 3.86. The van der Waals surface area contributed by atoms with Crippen molar-refractivity contribution in [1.29, 1.82) is 0 Å². The molecule has 0 N–H and O–H groups in total. The predicted molar refractivity (Wildman–Crippen MR) is 77.9 cm³/mol. The molecule has 2 aromatic rings. The summed E-state index contributed by atoms with van der Waals surface area (Å²) in [6, 6.07) is 1.17. The molecule has 0 spiro atoms. The van der Waals surface area contributed by atoms with Crippen molar-refractivity contribution < 1.29 is 26.9 Å². The van der Waals surface area contributed by atoms with Crippen LogP contribution in [0.15, 0.2) is 18.3 Å². The number of hydrogen-bond acceptors (Lipinski definition) is 5. The molecule has 1 aromatic carbocycles. The van der Waals surface area contributed by atoms with Gasteiger partial charge in [0.2, 0.25) is 0 Å². The first-order chi connectivity index (χ1) is 11.0. The topological polar surface area (TPSA) is 101 Å². The molecular formula is C11H5Cl2F3N3O4S-. The largest absolute Gasteiger partial charge is 0.772 e. The maximum Gasteiger partial charge on any atom is 0.416 e. The molecule has 1 atom stereocenters. The van der Waals surface area contributed by atoms with Crippen LogP contribution in [0, 0.1) is 10.1 Å². The minimum atomic E-state index is -4.69. The highest BCUT2D eigenvalue weighted by Gasteiger charge is 2.33. The Morgan fingerprint density at radius 1 is 1.29 bits per heavy atom. The Morgan fingerprint density at radius 2 is 1.83 bits per heavy atom. The van der Waals surface area contributed by atoms with Gasteiger partial charge < -0.3 is 14.7 Å². The Kier molecular flexibility index (Phi) is 5.18. The van der Waals surface area contributed by atoms with Gasteiger partial charge in [0.05, 0.1) is 32.5 Å². The molecular weight excluding hydrogens is 398 g/mol. The maximum atomic E-state index is 12.7. The Bertz CT molecular complexity index is 817. The van der Waals surface area contributed by atoms with E-state index in [4.69, 9.17) is 23.2 Å². The predicted octanol–water partition coefficient (Wildman–Crippen LogP) is 3.49. The summed E-state index contributed by atoms with van der Waals surface area (Å²) in [5.41, 5.74) is -1.61. The molecule has 2 rings (SSSR count). The molecule has 0 aliphatic rings. The van der Waals surface area contributed by atoms with Crippen LogP contribution in [-0.4, -0.2) is 23.5 Å². The Labute approximate surface area is 144 Å². The SMILES string of the molecule is O=[N+]([O-])c1nn(-c2c(Cl)cc(C(F)(F)F)cc2Cl)cc1CS(=O)[O-]. The Hall–Kier alpha value is -1.69. The van der Waals surface area contributed by atoms with Crippen molar-refractivity contribution in [1.82, 2.24) is 9.78 Å². The zero-order valence-corrected chi connectivity index (χ0v) is 13.5. The third-order valence-electron chi connectivity index (χ3n) is 2.79. The summed E-state index contributed by atoms with van der Waals surface area (Å²) in [7, 11) is 0. The third-order valence-corrected chi connectivity index (χ3v) is 3.91. The van der Waals surface area contributed by atoms with E-state index in [1.54, 1.807) is 0 Å². The lowest BCUT2D eigenvalue weighted by Gasteiger charge is -2.10. The highest BCUT2D eigenvalue weighted by atomic mass is 35.5. The highest BCUT2D eigenvalue weighted by Crippen LogP contribution is 2.37. The molecule has 1 heterocycles. The van der Waals surface area contributed by atoms with Gasteiger partial charge in [0.25, 0.3) is 0 Å². The van der Waals surface area contributed by atoms with E-state index in [0.29, 0.717) is 12.1 Å². The van der Waals surface area contributed by atoms with E-state index in [2.05, 4.69) is 5.10 Å². The summed E-state index contributed by atoms with van der Waals surface area (Å²) in [5, 5.41) is 13.5. The van der Waals surface area contributed by atoms with Crippen molar-refractivity contribution in [2.24, 2.45) is 0 Å². The lowest BCUT2D eigenvalue weighted by atomic mass is 10.2. The van der Waals surface area contributed by atoms with Gasteiger partial charge in [0, 0.05) is 5.75 Å². The van der Waals surface area contributed by atoms with Gasteiger partial charge in [0.15, 0.2) is 0 Å². The minimum Gasteiger partial charge on any atom is -0.772 e. The van der Waals surface area contributed by atoms with Crippen molar-refractivity contribution in [2.75, 3.05) is 0 Å². The summed E-state index contributed by atoms with van der Waals surface area (Å²) in [5.74, 6) is -1.47. The summed E-state index contributed by atoms with van der Waals surface area (Å²) < 4.78 is 60.4. The van der Waals surface area contributed by atoms with Gasteiger partial charge >= 0.3 is 12.0 Å².